The molecule has 4 rings (SSSR count). The first-order valence-corrected chi connectivity index (χ1v) is 9.96. The molecule has 30 heavy (non-hydrogen) atoms. The van der Waals surface area contributed by atoms with Gasteiger partial charge in [0.1, 0.15) is 23.9 Å². The molecule has 7 heteroatoms. The van der Waals surface area contributed by atoms with E-state index in [1.54, 1.807) is 11.8 Å². The Kier molecular flexibility index (Phi) is 5.72. The Balaban J connectivity index is 1.54. The lowest BCUT2D eigenvalue weighted by molar-refractivity contribution is -0.117. The topological polar surface area (TPSA) is 68.6 Å². The van der Waals surface area contributed by atoms with Crippen molar-refractivity contribution in [1.29, 1.82) is 0 Å². The lowest BCUT2D eigenvalue weighted by atomic mass is 10.0. The zero-order valence-corrected chi connectivity index (χ0v) is 17.5. The Bertz CT molecular complexity index is 1060. The van der Waals surface area contributed by atoms with Crippen LogP contribution in [0.4, 0.5) is 5.82 Å². The molecule has 1 N–H and O–H groups in total. The molecule has 3 aromatic rings. The van der Waals surface area contributed by atoms with Crippen LogP contribution in [0.1, 0.15) is 11.3 Å². The van der Waals surface area contributed by atoms with Gasteiger partial charge in [0.2, 0.25) is 5.91 Å². The van der Waals surface area contributed by atoms with Gasteiger partial charge in [0, 0.05) is 31.3 Å². The molecule has 1 amide bonds. The number of rotatable bonds is 5. The third-order valence-electron chi connectivity index (χ3n) is 5.26. The number of carbonyl (C=O) groups excluding carboxylic acids is 1. The number of methoxy groups -OCH3 is 1. The number of aryl methyl sites for hydroxylation is 2. The summed E-state index contributed by atoms with van der Waals surface area (Å²) in [5.74, 6) is 2.20. The summed E-state index contributed by atoms with van der Waals surface area (Å²) in [6, 6.07) is 15.7. The van der Waals surface area contributed by atoms with Gasteiger partial charge in [0.05, 0.1) is 24.9 Å². The van der Waals surface area contributed by atoms with Crippen LogP contribution >= 0.6 is 0 Å². The molecule has 2 heterocycles. The van der Waals surface area contributed by atoms with Gasteiger partial charge in [-0.1, -0.05) is 36.4 Å². The van der Waals surface area contributed by atoms with E-state index in [1.165, 1.54) is 0 Å². The molecule has 0 aliphatic carbocycles. The molecule has 0 atom stereocenters. The van der Waals surface area contributed by atoms with Crippen LogP contribution in [0.3, 0.4) is 0 Å². The summed E-state index contributed by atoms with van der Waals surface area (Å²) in [6.45, 7) is 4.12. The number of ether oxygens (including phenoxy) is 2. The van der Waals surface area contributed by atoms with Crippen molar-refractivity contribution in [2.24, 2.45) is 7.05 Å². The maximum atomic E-state index is 12.9. The van der Waals surface area contributed by atoms with Crippen molar-refractivity contribution in [1.82, 2.24) is 14.7 Å². The number of aromatic nitrogens is 2. The van der Waals surface area contributed by atoms with E-state index in [0.717, 1.165) is 33.9 Å². The molecule has 1 aliphatic rings. The summed E-state index contributed by atoms with van der Waals surface area (Å²) < 4.78 is 13.0. The molecule has 7 nitrogen and oxygen atoms in total. The van der Waals surface area contributed by atoms with Crippen LogP contribution in [0, 0.1) is 6.92 Å². The minimum absolute atomic E-state index is 0.0893. The smallest absolute Gasteiger partial charge is 0.239 e. The standard InChI is InChI=1S/C23H26N4O3/c1-16-22(18-9-5-7-11-20(18)29-3)23(26(2)25-16)24-21(28)15-27-12-13-30-19-10-6-4-8-17(19)14-27/h4-11H,12-15H2,1-3H3,(H,24,28). The zero-order valence-electron chi connectivity index (χ0n) is 17.5. The van der Waals surface area contributed by atoms with Gasteiger partial charge < -0.3 is 14.8 Å². The first-order valence-electron chi connectivity index (χ1n) is 9.96. The van der Waals surface area contributed by atoms with Crippen molar-refractivity contribution in [3.05, 3.63) is 59.8 Å². The van der Waals surface area contributed by atoms with E-state index in [1.807, 2.05) is 62.5 Å². The van der Waals surface area contributed by atoms with Crippen molar-refractivity contribution in [3.63, 3.8) is 0 Å². The van der Waals surface area contributed by atoms with Crippen molar-refractivity contribution in [2.75, 3.05) is 32.1 Å². The third kappa shape index (κ3) is 4.02. The second kappa shape index (κ2) is 8.59. The summed E-state index contributed by atoms with van der Waals surface area (Å²) in [4.78, 5) is 15.0. The molecule has 0 unspecified atom stereocenters. The number of anilines is 1. The molecule has 1 aromatic heterocycles. The van der Waals surface area contributed by atoms with E-state index in [-0.39, 0.29) is 12.5 Å². The SMILES string of the molecule is COc1ccccc1-c1c(C)nn(C)c1NC(=O)CN1CCOc2ccccc2C1. The van der Waals surface area contributed by atoms with Gasteiger partial charge in [0.15, 0.2) is 0 Å². The van der Waals surface area contributed by atoms with Crippen LogP contribution in [-0.2, 0) is 18.4 Å². The number of nitrogens with one attached hydrogen (secondary N) is 1. The predicted molar refractivity (Wildman–Crippen MR) is 116 cm³/mol. The molecule has 0 spiro atoms. The zero-order chi connectivity index (χ0) is 21.1. The maximum Gasteiger partial charge on any atom is 0.239 e. The highest BCUT2D eigenvalue weighted by molar-refractivity contribution is 5.96. The van der Waals surface area contributed by atoms with Gasteiger partial charge in [-0.15, -0.1) is 0 Å². The number of fused-ring (bicyclic) bond motifs is 1. The fraction of sp³-hybridized carbons (Fsp3) is 0.304. The summed E-state index contributed by atoms with van der Waals surface area (Å²) in [6.07, 6.45) is 0. The molecule has 0 saturated heterocycles. The first kappa shape index (κ1) is 20.0. The monoisotopic (exact) mass is 406 g/mol. The molecule has 0 radical (unpaired) electrons. The van der Waals surface area contributed by atoms with Crippen molar-refractivity contribution < 1.29 is 14.3 Å². The third-order valence-corrected chi connectivity index (χ3v) is 5.26. The van der Waals surface area contributed by atoms with E-state index in [2.05, 4.69) is 15.3 Å². The normalized spacial score (nSPS) is 13.8. The highest BCUT2D eigenvalue weighted by Gasteiger charge is 2.22. The van der Waals surface area contributed by atoms with Crippen LogP contribution in [0.2, 0.25) is 0 Å². The quantitative estimate of drug-likeness (QED) is 0.705. The number of para-hydroxylation sites is 2. The average molecular weight is 406 g/mol. The molecule has 156 valence electrons. The Labute approximate surface area is 176 Å². The number of amides is 1. The van der Waals surface area contributed by atoms with Crippen LogP contribution in [0.15, 0.2) is 48.5 Å². The fourth-order valence-electron chi connectivity index (χ4n) is 3.86. The highest BCUT2D eigenvalue weighted by Crippen LogP contribution is 2.37. The second-order valence-corrected chi connectivity index (χ2v) is 7.35. The van der Waals surface area contributed by atoms with Crippen LogP contribution in [0.5, 0.6) is 11.5 Å². The van der Waals surface area contributed by atoms with Gasteiger partial charge in [0.25, 0.3) is 0 Å². The molecule has 0 bridgehead atoms. The predicted octanol–water partition coefficient (Wildman–Crippen LogP) is 3.24. The van der Waals surface area contributed by atoms with Gasteiger partial charge in [-0.2, -0.15) is 5.10 Å². The highest BCUT2D eigenvalue weighted by atomic mass is 16.5. The largest absolute Gasteiger partial charge is 0.496 e. The number of hydrogen-bond acceptors (Lipinski definition) is 5. The first-order chi connectivity index (χ1) is 14.6. The van der Waals surface area contributed by atoms with Gasteiger partial charge in [-0.05, 0) is 19.1 Å². The molecule has 0 saturated carbocycles. The number of carbonyl (C=O) groups is 1. The van der Waals surface area contributed by atoms with Gasteiger partial charge in [-0.25, -0.2) is 0 Å². The Morgan fingerprint density at radius 1 is 1.20 bits per heavy atom. The molecule has 1 aliphatic heterocycles. The number of nitrogens with zero attached hydrogens (tertiary/aromatic N) is 3. The van der Waals surface area contributed by atoms with Crippen LogP contribution in [-0.4, -0.2) is 47.4 Å². The van der Waals surface area contributed by atoms with E-state index < -0.39 is 0 Å². The average Bonchev–Trinajstić information content (AvgIpc) is 2.89. The van der Waals surface area contributed by atoms with Crippen molar-refractivity contribution in [2.45, 2.75) is 13.5 Å². The van der Waals surface area contributed by atoms with Gasteiger partial charge >= 0.3 is 0 Å². The lowest BCUT2D eigenvalue weighted by Gasteiger charge is -2.19. The van der Waals surface area contributed by atoms with Gasteiger partial charge in [-0.3, -0.25) is 14.4 Å². The summed E-state index contributed by atoms with van der Waals surface area (Å²) >= 11 is 0. The van der Waals surface area contributed by atoms with Crippen molar-refractivity contribution in [3.8, 4) is 22.6 Å². The summed E-state index contributed by atoms with van der Waals surface area (Å²) in [7, 11) is 3.47. The Hall–Kier alpha value is -3.32. The van der Waals surface area contributed by atoms with E-state index in [9.17, 15) is 4.79 Å². The Morgan fingerprint density at radius 2 is 1.97 bits per heavy atom. The summed E-state index contributed by atoms with van der Waals surface area (Å²) in [5, 5.41) is 7.58. The minimum atomic E-state index is -0.0893. The van der Waals surface area contributed by atoms with Crippen LogP contribution in [0.25, 0.3) is 11.1 Å². The number of benzene rings is 2. The molecular formula is C23H26N4O3. The number of hydrogen-bond donors (Lipinski definition) is 1. The summed E-state index contributed by atoms with van der Waals surface area (Å²) in [5.41, 5.74) is 3.69. The van der Waals surface area contributed by atoms with Crippen LogP contribution < -0.4 is 14.8 Å². The van der Waals surface area contributed by atoms with E-state index >= 15 is 0 Å². The molecular weight excluding hydrogens is 380 g/mol. The van der Waals surface area contributed by atoms with Crippen molar-refractivity contribution >= 4 is 11.7 Å². The lowest BCUT2D eigenvalue weighted by Crippen LogP contribution is -2.34. The molecule has 2 aromatic carbocycles. The molecule has 0 fully saturated rings. The minimum Gasteiger partial charge on any atom is -0.496 e. The van der Waals surface area contributed by atoms with E-state index in [0.29, 0.717) is 25.5 Å². The fourth-order valence-corrected chi connectivity index (χ4v) is 3.86. The maximum absolute atomic E-state index is 12.9. The second-order valence-electron chi connectivity index (χ2n) is 7.35. The Morgan fingerprint density at radius 3 is 2.80 bits per heavy atom. The van der Waals surface area contributed by atoms with E-state index in [4.69, 9.17) is 9.47 Å².